The summed E-state index contributed by atoms with van der Waals surface area (Å²) in [6.45, 7) is 1.33. The van der Waals surface area contributed by atoms with Crippen molar-refractivity contribution in [3.8, 4) is 0 Å². The second-order valence-electron chi connectivity index (χ2n) is 6.55. The molecule has 0 amide bonds. The summed E-state index contributed by atoms with van der Waals surface area (Å²) in [5, 5.41) is 0. The number of nitrogens with zero attached hydrogens (tertiary/aromatic N) is 3. The predicted molar refractivity (Wildman–Crippen MR) is 103 cm³/mol. The number of carbonyl (C=O) groups is 1. The number of esters is 1. The van der Waals surface area contributed by atoms with E-state index in [-0.39, 0.29) is 22.7 Å². The molecule has 0 N–H and O–H groups in total. The molecule has 3 heterocycles. The Balaban J connectivity index is 1.80. The Bertz CT molecular complexity index is 1120. The molecule has 9 heteroatoms. The van der Waals surface area contributed by atoms with E-state index in [1.165, 1.54) is 17.7 Å². The van der Waals surface area contributed by atoms with Gasteiger partial charge in [0.1, 0.15) is 5.82 Å². The highest BCUT2D eigenvalue weighted by Gasteiger charge is 2.23. The van der Waals surface area contributed by atoms with Crippen molar-refractivity contribution >= 4 is 32.9 Å². The highest BCUT2D eigenvalue weighted by molar-refractivity contribution is 9.10. The van der Waals surface area contributed by atoms with Crippen LogP contribution in [0.3, 0.4) is 0 Å². The van der Waals surface area contributed by atoms with Gasteiger partial charge in [0.25, 0.3) is 5.56 Å². The zero-order valence-corrected chi connectivity index (χ0v) is 16.6. The number of imidazole rings is 1. The first-order valence-corrected chi connectivity index (χ1v) is 9.50. The quantitative estimate of drug-likeness (QED) is 0.559. The van der Waals surface area contributed by atoms with E-state index >= 15 is 0 Å². The Morgan fingerprint density at radius 1 is 1.43 bits per heavy atom. The van der Waals surface area contributed by atoms with E-state index in [1.807, 2.05) is 4.57 Å². The highest BCUT2D eigenvalue weighted by Crippen LogP contribution is 2.23. The number of methoxy groups -OCH3 is 1. The summed E-state index contributed by atoms with van der Waals surface area (Å²) in [5.41, 5.74) is 1.47. The lowest BCUT2D eigenvalue weighted by Gasteiger charge is -2.27. The van der Waals surface area contributed by atoms with Crippen LogP contribution in [-0.4, -0.2) is 39.9 Å². The fourth-order valence-corrected chi connectivity index (χ4v) is 3.47. The molecular weight excluding hydrogens is 433 g/mol. The summed E-state index contributed by atoms with van der Waals surface area (Å²) in [6.07, 6.45) is 2.11. The molecule has 1 atom stereocenters. The molecule has 1 saturated heterocycles. The minimum absolute atomic E-state index is 0.0382. The standard InChI is InChI=1S/C19H17BrFN3O4/c1-27-19(26)11-2-3-15-16(6-11)24(8-12-4-5-28-12)17(22-15)10-23-9-14(21)13(20)7-18(23)25/h2-3,6-7,9,12H,4-5,8,10H2,1H3. The second-order valence-corrected chi connectivity index (χ2v) is 7.40. The largest absolute Gasteiger partial charge is 0.465 e. The molecule has 2 aromatic heterocycles. The lowest BCUT2D eigenvalue weighted by Crippen LogP contribution is -2.32. The number of pyridine rings is 1. The minimum Gasteiger partial charge on any atom is -0.465 e. The Labute approximate surface area is 167 Å². The molecule has 146 valence electrons. The SMILES string of the molecule is COC(=O)c1ccc2nc(Cn3cc(F)c(Br)cc3=O)n(CC3CCO3)c2c1. The summed E-state index contributed by atoms with van der Waals surface area (Å²) in [5.74, 6) is -0.392. The molecule has 0 aliphatic carbocycles. The van der Waals surface area contributed by atoms with Crippen LogP contribution in [0.1, 0.15) is 22.6 Å². The van der Waals surface area contributed by atoms with Gasteiger partial charge in [-0.15, -0.1) is 0 Å². The average Bonchev–Trinajstić information content (AvgIpc) is 2.98. The Hall–Kier alpha value is -2.52. The zero-order valence-electron chi connectivity index (χ0n) is 15.0. The van der Waals surface area contributed by atoms with E-state index in [0.717, 1.165) is 18.1 Å². The number of fused-ring (bicyclic) bond motifs is 1. The first kappa shape index (κ1) is 18.8. The van der Waals surface area contributed by atoms with Crippen molar-refractivity contribution in [2.24, 2.45) is 0 Å². The topological polar surface area (TPSA) is 75.4 Å². The number of hydrogen-bond acceptors (Lipinski definition) is 5. The smallest absolute Gasteiger partial charge is 0.337 e. The van der Waals surface area contributed by atoms with Gasteiger partial charge < -0.3 is 18.6 Å². The van der Waals surface area contributed by atoms with Crippen molar-refractivity contribution in [1.82, 2.24) is 14.1 Å². The molecule has 7 nitrogen and oxygen atoms in total. The second kappa shape index (κ2) is 7.48. The number of benzene rings is 1. The van der Waals surface area contributed by atoms with Crippen LogP contribution in [0.5, 0.6) is 0 Å². The molecule has 0 spiro atoms. The van der Waals surface area contributed by atoms with Crippen molar-refractivity contribution < 1.29 is 18.7 Å². The number of rotatable bonds is 5. The van der Waals surface area contributed by atoms with Gasteiger partial charge in [0.05, 0.1) is 47.4 Å². The van der Waals surface area contributed by atoms with Crippen molar-refractivity contribution in [2.75, 3.05) is 13.7 Å². The Kier molecular flexibility index (Phi) is 5.03. The van der Waals surface area contributed by atoms with Crippen molar-refractivity contribution in [3.05, 3.63) is 62.5 Å². The van der Waals surface area contributed by atoms with E-state index in [9.17, 15) is 14.0 Å². The summed E-state index contributed by atoms with van der Waals surface area (Å²) >= 11 is 3.02. The van der Waals surface area contributed by atoms with Crippen LogP contribution in [0.2, 0.25) is 0 Å². The summed E-state index contributed by atoms with van der Waals surface area (Å²) < 4.78 is 27.6. The number of halogens is 2. The van der Waals surface area contributed by atoms with Crippen molar-refractivity contribution in [3.63, 3.8) is 0 Å². The third-order valence-corrected chi connectivity index (χ3v) is 5.38. The van der Waals surface area contributed by atoms with Crippen LogP contribution in [0, 0.1) is 5.82 Å². The maximum atomic E-state index is 13.9. The van der Waals surface area contributed by atoms with Gasteiger partial charge in [-0.1, -0.05) is 0 Å². The van der Waals surface area contributed by atoms with Gasteiger partial charge in [-0.2, -0.15) is 0 Å². The van der Waals surface area contributed by atoms with Gasteiger partial charge in [-0.25, -0.2) is 14.2 Å². The number of ether oxygens (including phenoxy) is 2. The Morgan fingerprint density at radius 3 is 2.89 bits per heavy atom. The van der Waals surface area contributed by atoms with E-state index in [0.29, 0.717) is 30.1 Å². The molecule has 1 aromatic carbocycles. The molecule has 4 rings (SSSR count). The number of aromatic nitrogens is 3. The molecule has 1 aliphatic rings. The summed E-state index contributed by atoms with van der Waals surface area (Å²) in [6, 6.07) is 6.27. The van der Waals surface area contributed by atoms with Crippen LogP contribution in [-0.2, 0) is 22.6 Å². The first-order valence-electron chi connectivity index (χ1n) is 8.71. The van der Waals surface area contributed by atoms with Crippen LogP contribution in [0.25, 0.3) is 11.0 Å². The van der Waals surface area contributed by atoms with Crippen LogP contribution < -0.4 is 5.56 Å². The van der Waals surface area contributed by atoms with Crippen LogP contribution >= 0.6 is 15.9 Å². The lowest BCUT2D eigenvalue weighted by atomic mass is 10.1. The zero-order chi connectivity index (χ0) is 19.8. The number of carbonyl (C=O) groups excluding carboxylic acids is 1. The molecule has 3 aromatic rings. The third-order valence-electron chi connectivity index (χ3n) is 4.77. The molecule has 28 heavy (non-hydrogen) atoms. The molecule has 1 aliphatic heterocycles. The molecule has 1 fully saturated rings. The van der Waals surface area contributed by atoms with Gasteiger partial charge in [0.15, 0.2) is 5.82 Å². The van der Waals surface area contributed by atoms with Gasteiger partial charge in [0, 0.05) is 18.9 Å². The highest BCUT2D eigenvalue weighted by atomic mass is 79.9. The fourth-order valence-electron chi connectivity index (χ4n) is 3.17. The van der Waals surface area contributed by atoms with Crippen LogP contribution in [0.15, 0.2) is 39.7 Å². The van der Waals surface area contributed by atoms with Crippen LogP contribution in [0.4, 0.5) is 4.39 Å². The van der Waals surface area contributed by atoms with Gasteiger partial charge in [0.2, 0.25) is 0 Å². The molecule has 0 bridgehead atoms. The number of hydrogen-bond donors (Lipinski definition) is 0. The predicted octanol–water partition coefficient (Wildman–Crippen LogP) is 2.72. The lowest BCUT2D eigenvalue weighted by molar-refractivity contribution is -0.0590. The van der Waals surface area contributed by atoms with Gasteiger partial charge >= 0.3 is 5.97 Å². The van der Waals surface area contributed by atoms with E-state index in [4.69, 9.17) is 9.47 Å². The normalized spacial score (nSPS) is 16.2. The monoisotopic (exact) mass is 449 g/mol. The Morgan fingerprint density at radius 2 is 2.21 bits per heavy atom. The average molecular weight is 450 g/mol. The van der Waals surface area contributed by atoms with E-state index in [2.05, 4.69) is 20.9 Å². The molecule has 1 unspecified atom stereocenters. The maximum Gasteiger partial charge on any atom is 0.337 e. The summed E-state index contributed by atoms with van der Waals surface area (Å²) in [4.78, 5) is 28.7. The van der Waals surface area contributed by atoms with Crippen molar-refractivity contribution in [2.45, 2.75) is 25.6 Å². The van der Waals surface area contributed by atoms with Crippen molar-refractivity contribution in [1.29, 1.82) is 0 Å². The molecule has 0 radical (unpaired) electrons. The third kappa shape index (κ3) is 3.47. The summed E-state index contributed by atoms with van der Waals surface area (Å²) in [7, 11) is 1.33. The van der Waals surface area contributed by atoms with E-state index < -0.39 is 11.8 Å². The van der Waals surface area contributed by atoms with Gasteiger partial charge in [-0.3, -0.25) is 4.79 Å². The first-order chi connectivity index (χ1) is 13.5. The molecular formula is C19H17BrFN3O4. The van der Waals surface area contributed by atoms with Gasteiger partial charge in [-0.05, 0) is 40.5 Å². The maximum absolute atomic E-state index is 13.9. The molecule has 0 saturated carbocycles. The van der Waals surface area contributed by atoms with E-state index in [1.54, 1.807) is 18.2 Å². The minimum atomic E-state index is -0.530. The fraction of sp³-hybridized carbons (Fsp3) is 0.316.